The Morgan fingerprint density at radius 1 is 1.21 bits per heavy atom. The van der Waals surface area contributed by atoms with Crippen LogP contribution in [0.1, 0.15) is 19.3 Å². The lowest BCUT2D eigenvalue weighted by Gasteiger charge is -2.08. The molecule has 0 heterocycles. The topological polar surface area (TPSA) is 26.0 Å². The van der Waals surface area contributed by atoms with Gasteiger partial charge in [-0.05, 0) is 37.3 Å². The van der Waals surface area contributed by atoms with Crippen molar-refractivity contribution in [3.8, 4) is 0 Å². The van der Waals surface area contributed by atoms with Crippen LogP contribution in [0.25, 0.3) is 0 Å². The van der Waals surface area contributed by atoms with Crippen LogP contribution >= 0.6 is 11.8 Å². The first kappa shape index (κ1) is 10.1. The molecule has 0 amide bonds. The largest absolute Gasteiger partial charge is 0.328 e. The number of hydrogen-bond acceptors (Lipinski definition) is 2. The van der Waals surface area contributed by atoms with Gasteiger partial charge in [0.25, 0.3) is 0 Å². The fourth-order valence-corrected chi connectivity index (χ4v) is 3.08. The van der Waals surface area contributed by atoms with Crippen LogP contribution in [0.3, 0.4) is 0 Å². The molecule has 2 atom stereocenters. The standard InChI is InChI=1S/C12H17NS/c13-11-7-6-10(8-11)9-14-12-4-2-1-3-5-12/h1-5,10-11H,6-9,13H2/t10-,11+/m1/s1. The monoisotopic (exact) mass is 207 g/mol. The molecule has 1 fully saturated rings. The number of benzene rings is 1. The van der Waals surface area contributed by atoms with Gasteiger partial charge in [-0.2, -0.15) is 0 Å². The van der Waals surface area contributed by atoms with Crippen LogP contribution in [0, 0.1) is 5.92 Å². The molecule has 0 unspecified atom stereocenters. The third kappa shape index (κ3) is 2.76. The molecule has 2 heteroatoms. The van der Waals surface area contributed by atoms with Crippen molar-refractivity contribution in [3.63, 3.8) is 0 Å². The van der Waals surface area contributed by atoms with Crippen LogP contribution in [0.4, 0.5) is 0 Å². The first-order chi connectivity index (χ1) is 6.84. The van der Waals surface area contributed by atoms with Crippen molar-refractivity contribution in [2.75, 3.05) is 5.75 Å². The third-order valence-corrected chi connectivity index (χ3v) is 4.05. The molecule has 0 spiro atoms. The first-order valence-corrected chi connectivity index (χ1v) is 6.26. The molecule has 1 saturated carbocycles. The Hall–Kier alpha value is -0.470. The van der Waals surface area contributed by atoms with E-state index in [1.807, 2.05) is 11.8 Å². The zero-order chi connectivity index (χ0) is 9.80. The maximum absolute atomic E-state index is 5.88. The highest BCUT2D eigenvalue weighted by Crippen LogP contribution is 2.30. The van der Waals surface area contributed by atoms with Crippen molar-refractivity contribution < 1.29 is 0 Å². The summed E-state index contributed by atoms with van der Waals surface area (Å²) < 4.78 is 0. The summed E-state index contributed by atoms with van der Waals surface area (Å²) in [5.74, 6) is 2.08. The maximum Gasteiger partial charge on any atom is 0.00720 e. The van der Waals surface area contributed by atoms with Crippen molar-refractivity contribution in [3.05, 3.63) is 30.3 Å². The summed E-state index contributed by atoms with van der Waals surface area (Å²) in [6.45, 7) is 0. The molecule has 0 aromatic heterocycles. The van der Waals surface area contributed by atoms with E-state index in [1.54, 1.807) is 0 Å². The minimum Gasteiger partial charge on any atom is -0.328 e. The highest BCUT2D eigenvalue weighted by molar-refractivity contribution is 7.99. The van der Waals surface area contributed by atoms with Gasteiger partial charge in [-0.25, -0.2) is 0 Å². The molecular formula is C12H17NS. The molecule has 0 bridgehead atoms. The van der Waals surface area contributed by atoms with Crippen molar-refractivity contribution in [2.45, 2.75) is 30.2 Å². The Morgan fingerprint density at radius 2 is 2.00 bits per heavy atom. The molecule has 0 radical (unpaired) electrons. The SMILES string of the molecule is N[C@H]1CC[C@@H](CSc2ccccc2)C1. The molecule has 2 N–H and O–H groups in total. The van der Waals surface area contributed by atoms with E-state index < -0.39 is 0 Å². The van der Waals surface area contributed by atoms with Crippen LogP contribution in [0.15, 0.2) is 35.2 Å². The Balaban J connectivity index is 1.78. The fourth-order valence-electron chi connectivity index (χ4n) is 2.00. The van der Waals surface area contributed by atoms with Crippen LogP contribution in [0.5, 0.6) is 0 Å². The average molecular weight is 207 g/mol. The van der Waals surface area contributed by atoms with E-state index in [9.17, 15) is 0 Å². The molecule has 76 valence electrons. The smallest absolute Gasteiger partial charge is 0.00720 e. The molecule has 2 rings (SSSR count). The quantitative estimate of drug-likeness (QED) is 0.771. The van der Waals surface area contributed by atoms with E-state index in [0.29, 0.717) is 6.04 Å². The molecule has 1 aliphatic carbocycles. The highest BCUT2D eigenvalue weighted by Gasteiger charge is 2.21. The predicted octanol–water partition coefficient (Wildman–Crippen LogP) is 2.91. The van der Waals surface area contributed by atoms with Gasteiger partial charge in [-0.15, -0.1) is 11.8 Å². The highest BCUT2D eigenvalue weighted by atomic mass is 32.2. The number of rotatable bonds is 3. The molecular weight excluding hydrogens is 190 g/mol. The second kappa shape index (κ2) is 4.85. The van der Waals surface area contributed by atoms with Crippen LogP contribution in [-0.4, -0.2) is 11.8 Å². The van der Waals surface area contributed by atoms with Gasteiger partial charge in [-0.3, -0.25) is 0 Å². The lowest BCUT2D eigenvalue weighted by atomic mass is 10.1. The Kier molecular flexibility index (Phi) is 3.49. The van der Waals surface area contributed by atoms with Crippen molar-refractivity contribution in [2.24, 2.45) is 11.7 Å². The molecule has 0 saturated heterocycles. The third-order valence-electron chi connectivity index (χ3n) is 2.81. The zero-order valence-electron chi connectivity index (χ0n) is 8.36. The lowest BCUT2D eigenvalue weighted by molar-refractivity contribution is 0.603. The van der Waals surface area contributed by atoms with Crippen molar-refractivity contribution in [1.29, 1.82) is 0 Å². The summed E-state index contributed by atoms with van der Waals surface area (Å²) in [6.07, 6.45) is 3.76. The van der Waals surface area contributed by atoms with Crippen LogP contribution in [-0.2, 0) is 0 Å². The van der Waals surface area contributed by atoms with Crippen LogP contribution in [0.2, 0.25) is 0 Å². The maximum atomic E-state index is 5.88. The second-order valence-electron chi connectivity index (χ2n) is 4.06. The lowest BCUT2D eigenvalue weighted by Crippen LogP contribution is -2.15. The molecule has 1 aromatic rings. The summed E-state index contributed by atoms with van der Waals surface area (Å²) in [7, 11) is 0. The van der Waals surface area contributed by atoms with E-state index >= 15 is 0 Å². The van der Waals surface area contributed by atoms with E-state index in [1.165, 1.54) is 29.9 Å². The predicted molar refractivity (Wildman–Crippen MR) is 62.5 cm³/mol. The van der Waals surface area contributed by atoms with Gasteiger partial charge in [0.05, 0.1) is 0 Å². The minimum absolute atomic E-state index is 0.469. The van der Waals surface area contributed by atoms with Crippen molar-refractivity contribution in [1.82, 2.24) is 0 Å². The number of thioether (sulfide) groups is 1. The summed E-state index contributed by atoms with van der Waals surface area (Å²) in [4.78, 5) is 1.38. The summed E-state index contributed by atoms with van der Waals surface area (Å²) in [5.41, 5.74) is 5.88. The average Bonchev–Trinajstić information content (AvgIpc) is 2.63. The summed E-state index contributed by atoms with van der Waals surface area (Å²) in [5, 5.41) is 0. The van der Waals surface area contributed by atoms with Gasteiger partial charge in [0.2, 0.25) is 0 Å². The Bertz CT molecular complexity index is 273. The molecule has 1 aliphatic rings. The fraction of sp³-hybridized carbons (Fsp3) is 0.500. The van der Waals surface area contributed by atoms with Gasteiger partial charge in [0.1, 0.15) is 0 Å². The van der Waals surface area contributed by atoms with Gasteiger partial charge in [-0.1, -0.05) is 18.2 Å². The molecule has 1 aromatic carbocycles. The Labute approximate surface area is 90.1 Å². The van der Waals surface area contributed by atoms with E-state index in [0.717, 1.165) is 5.92 Å². The second-order valence-corrected chi connectivity index (χ2v) is 5.16. The van der Waals surface area contributed by atoms with Gasteiger partial charge in [0, 0.05) is 16.7 Å². The Morgan fingerprint density at radius 3 is 2.64 bits per heavy atom. The van der Waals surface area contributed by atoms with E-state index in [4.69, 9.17) is 5.73 Å². The van der Waals surface area contributed by atoms with Gasteiger partial charge >= 0.3 is 0 Å². The van der Waals surface area contributed by atoms with Crippen molar-refractivity contribution >= 4 is 11.8 Å². The number of hydrogen-bond donors (Lipinski definition) is 1. The van der Waals surface area contributed by atoms with Gasteiger partial charge < -0.3 is 5.73 Å². The first-order valence-electron chi connectivity index (χ1n) is 5.28. The zero-order valence-corrected chi connectivity index (χ0v) is 9.17. The summed E-state index contributed by atoms with van der Waals surface area (Å²) >= 11 is 1.96. The van der Waals surface area contributed by atoms with E-state index in [2.05, 4.69) is 30.3 Å². The van der Waals surface area contributed by atoms with E-state index in [-0.39, 0.29) is 0 Å². The normalized spacial score (nSPS) is 26.6. The number of nitrogens with two attached hydrogens (primary N) is 1. The summed E-state index contributed by atoms with van der Waals surface area (Å²) in [6, 6.07) is 11.1. The van der Waals surface area contributed by atoms with Crippen LogP contribution < -0.4 is 5.73 Å². The minimum atomic E-state index is 0.469. The van der Waals surface area contributed by atoms with Gasteiger partial charge in [0.15, 0.2) is 0 Å². The molecule has 14 heavy (non-hydrogen) atoms. The molecule has 1 nitrogen and oxygen atoms in total. The molecule has 0 aliphatic heterocycles.